The van der Waals surface area contributed by atoms with E-state index in [1.165, 1.54) is 4.31 Å². The second-order valence-electron chi connectivity index (χ2n) is 5.96. The molecule has 0 saturated heterocycles. The van der Waals surface area contributed by atoms with Crippen molar-refractivity contribution >= 4 is 45.0 Å². The Morgan fingerprint density at radius 1 is 1.26 bits per heavy atom. The normalized spacial score (nSPS) is 16.4. The Balaban J connectivity index is 1.58. The van der Waals surface area contributed by atoms with Crippen LogP contribution in [-0.4, -0.2) is 45.5 Å². The molecule has 0 radical (unpaired) electrons. The molecule has 1 aliphatic rings. The van der Waals surface area contributed by atoms with Crippen LogP contribution in [-0.2, 0) is 14.8 Å². The van der Waals surface area contributed by atoms with Gasteiger partial charge in [-0.1, -0.05) is 23.7 Å². The van der Waals surface area contributed by atoms with Crippen molar-refractivity contribution < 1.29 is 17.9 Å². The van der Waals surface area contributed by atoms with E-state index in [1.54, 1.807) is 36.0 Å². The maximum atomic E-state index is 12.5. The molecule has 9 heteroatoms. The van der Waals surface area contributed by atoms with Crippen molar-refractivity contribution in [2.24, 2.45) is 0 Å². The van der Waals surface area contributed by atoms with Crippen molar-refractivity contribution in [3.8, 4) is 5.75 Å². The summed E-state index contributed by atoms with van der Waals surface area (Å²) in [5.74, 6) is 0.714. The van der Waals surface area contributed by atoms with Crippen LogP contribution in [0.3, 0.4) is 0 Å². The number of hydrogen-bond acceptors (Lipinski definition) is 5. The van der Waals surface area contributed by atoms with Crippen LogP contribution in [0, 0.1) is 0 Å². The number of hydrogen-bond donors (Lipinski definition) is 1. The molecule has 6 nitrogen and oxygen atoms in total. The molecule has 1 heterocycles. The summed E-state index contributed by atoms with van der Waals surface area (Å²) in [6.45, 7) is 0.387. The van der Waals surface area contributed by atoms with Gasteiger partial charge in [-0.25, -0.2) is 8.42 Å². The van der Waals surface area contributed by atoms with Gasteiger partial charge in [-0.05, 0) is 36.4 Å². The van der Waals surface area contributed by atoms with Gasteiger partial charge < -0.3 is 10.1 Å². The number of ether oxygens (including phenoxy) is 1. The Labute approximate surface area is 167 Å². The summed E-state index contributed by atoms with van der Waals surface area (Å²) in [5, 5.41) is 3.48. The highest BCUT2D eigenvalue weighted by molar-refractivity contribution is 7.99. The lowest BCUT2D eigenvalue weighted by Crippen LogP contribution is -2.50. The van der Waals surface area contributed by atoms with Gasteiger partial charge in [0.25, 0.3) is 5.91 Å². The number of anilines is 1. The summed E-state index contributed by atoms with van der Waals surface area (Å²) in [6, 6.07) is 14.2. The van der Waals surface area contributed by atoms with Crippen LogP contribution in [0.1, 0.15) is 0 Å². The number of carbonyl (C=O) groups is 1. The van der Waals surface area contributed by atoms with E-state index >= 15 is 0 Å². The highest BCUT2D eigenvalue weighted by Gasteiger charge is 2.34. The van der Waals surface area contributed by atoms with Gasteiger partial charge in [0.15, 0.2) is 6.10 Å². The minimum absolute atomic E-state index is 0.0496. The van der Waals surface area contributed by atoms with E-state index in [1.807, 2.05) is 24.3 Å². The second-order valence-corrected chi connectivity index (χ2v) is 9.47. The first-order valence-electron chi connectivity index (χ1n) is 8.24. The van der Waals surface area contributed by atoms with Gasteiger partial charge in [-0.15, -0.1) is 11.8 Å². The lowest BCUT2D eigenvalue weighted by Gasteiger charge is -2.33. The number of halogens is 1. The topological polar surface area (TPSA) is 75.7 Å². The maximum absolute atomic E-state index is 12.5. The SMILES string of the molecule is CS(=O)(=O)N1CC(C(=O)NCCSc2ccc(Cl)cc2)Oc2ccccc21. The monoisotopic (exact) mass is 426 g/mol. The number of carbonyl (C=O) groups excluding carboxylic acids is 1. The fourth-order valence-electron chi connectivity index (χ4n) is 2.64. The number of amides is 1. The molecule has 1 atom stereocenters. The van der Waals surface area contributed by atoms with E-state index in [2.05, 4.69) is 5.32 Å². The standard InChI is InChI=1S/C18H19ClN2O4S2/c1-27(23,24)21-12-17(25-16-5-3-2-4-15(16)21)18(22)20-10-11-26-14-8-6-13(19)7-9-14/h2-9,17H,10-12H2,1H3,(H,20,22). The van der Waals surface area contributed by atoms with Crippen LogP contribution in [0.5, 0.6) is 5.75 Å². The number of para-hydroxylation sites is 2. The summed E-state index contributed by atoms with van der Waals surface area (Å²) in [7, 11) is -3.51. The van der Waals surface area contributed by atoms with Crippen LogP contribution in [0.15, 0.2) is 53.4 Å². The summed E-state index contributed by atoms with van der Waals surface area (Å²) in [5.41, 5.74) is 0.447. The third-order valence-corrected chi connectivity index (χ3v) is 6.32. The Morgan fingerprint density at radius 3 is 2.67 bits per heavy atom. The molecule has 2 aromatic carbocycles. The van der Waals surface area contributed by atoms with E-state index in [0.29, 0.717) is 28.8 Å². The summed E-state index contributed by atoms with van der Waals surface area (Å²) < 4.78 is 31.1. The molecular weight excluding hydrogens is 408 g/mol. The van der Waals surface area contributed by atoms with Gasteiger partial charge in [-0.2, -0.15) is 0 Å². The number of nitrogens with one attached hydrogen (secondary N) is 1. The van der Waals surface area contributed by atoms with Crippen LogP contribution in [0.4, 0.5) is 5.69 Å². The van der Waals surface area contributed by atoms with Crippen molar-refractivity contribution in [3.05, 3.63) is 53.6 Å². The molecule has 27 heavy (non-hydrogen) atoms. The molecule has 3 rings (SSSR count). The largest absolute Gasteiger partial charge is 0.476 e. The van der Waals surface area contributed by atoms with Crippen molar-refractivity contribution in [1.29, 1.82) is 0 Å². The molecule has 1 unspecified atom stereocenters. The number of sulfonamides is 1. The first kappa shape index (κ1) is 19.9. The Kier molecular flexibility index (Phi) is 6.18. The molecule has 0 saturated carbocycles. The van der Waals surface area contributed by atoms with E-state index in [9.17, 15) is 13.2 Å². The lowest BCUT2D eigenvalue weighted by molar-refractivity contribution is -0.127. The zero-order valence-corrected chi connectivity index (χ0v) is 17.0. The third-order valence-electron chi connectivity index (χ3n) is 3.91. The molecule has 1 N–H and O–H groups in total. The average molecular weight is 427 g/mol. The van der Waals surface area contributed by atoms with Crippen LogP contribution in [0.25, 0.3) is 0 Å². The van der Waals surface area contributed by atoms with Crippen molar-refractivity contribution in [2.75, 3.05) is 29.4 Å². The molecule has 0 bridgehead atoms. The first-order chi connectivity index (χ1) is 12.8. The predicted molar refractivity (Wildman–Crippen MR) is 108 cm³/mol. The molecule has 0 spiro atoms. The molecule has 0 fully saturated rings. The number of nitrogens with zero attached hydrogens (tertiary/aromatic N) is 1. The van der Waals surface area contributed by atoms with Crippen molar-refractivity contribution in [1.82, 2.24) is 5.32 Å². The Morgan fingerprint density at radius 2 is 1.96 bits per heavy atom. The van der Waals surface area contributed by atoms with Crippen molar-refractivity contribution in [3.63, 3.8) is 0 Å². The minimum Gasteiger partial charge on any atom is -0.476 e. The van der Waals surface area contributed by atoms with Crippen LogP contribution < -0.4 is 14.4 Å². The molecule has 2 aromatic rings. The van der Waals surface area contributed by atoms with Gasteiger partial charge in [-0.3, -0.25) is 9.10 Å². The number of rotatable bonds is 6. The first-order valence-corrected chi connectivity index (χ1v) is 11.5. The summed E-state index contributed by atoms with van der Waals surface area (Å²) in [4.78, 5) is 13.5. The van der Waals surface area contributed by atoms with E-state index in [0.717, 1.165) is 11.2 Å². The fraction of sp³-hybridized carbons (Fsp3) is 0.278. The molecule has 1 aliphatic heterocycles. The highest BCUT2D eigenvalue weighted by atomic mass is 35.5. The van der Waals surface area contributed by atoms with Gasteiger partial charge in [0.1, 0.15) is 5.75 Å². The fourth-order valence-corrected chi connectivity index (χ4v) is 4.45. The third kappa shape index (κ3) is 5.09. The summed E-state index contributed by atoms with van der Waals surface area (Å²) in [6.07, 6.45) is 0.225. The highest BCUT2D eigenvalue weighted by Crippen LogP contribution is 2.34. The second kappa shape index (κ2) is 8.41. The Bertz CT molecular complexity index is 919. The van der Waals surface area contributed by atoms with Gasteiger partial charge in [0, 0.05) is 22.2 Å². The van der Waals surface area contributed by atoms with Crippen LogP contribution in [0.2, 0.25) is 5.02 Å². The zero-order valence-electron chi connectivity index (χ0n) is 14.6. The van der Waals surface area contributed by atoms with E-state index < -0.39 is 16.1 Å². The van der Waals surface area contributed by atoms with Crippen LogP contribution >= 0.6 is 23.4 Å². The number of fused-ring (bicyclic) bond motifs is 1. The maximum Gasteiger partial charge on any atom is 0.263 e. The van der Waals surface area contributed by atoms with Gasteiger partial charge in [0.2, 0.25) is 10.0 Å². The van der Waals surface area contributed by atoms with Gasteiger partial charge >= 0.3 is 0 Å². The molecule has 144 valence electrons. The smallest absolute Gasteiger partial charge is 0.263 e. The average Bonchev–Trinajstić information content (AvgIpc) is 2.64. The number of benzene rings is 2. The predicted octanol–water partition coefficient (Wildman–Crippen LogP) is 2.78. The van der Waals surface area contributed by atoms with E-state index in [-0.39, 0.29) is 12.5 Å². The minimum atomic E-state index is -3.51. The zero-order chi connectivity index (χ0) is 19.4. The summed E-state index contributed by atoms with van der Waals surface area (Å²) >= 11 is 7.44. The Hall–Kier alpha value is -1.90. The van der Waals surface area contributed by atoms with Crippen molar-refractivity contribution in [2.45, 2.75) is 11.0 Å². The number of thioether (sulfide) groups is 1. The molecule has 0 aromatic heterocycles. The quantitative estimate of drug-likeness (QED) is 0.567. The molecular formula is C18H19ClN2O4S2. The molecule has 0 aliphatic carbocycles. The lowest BCUT2D eigenvalue weighted by atomic mass is 10.2. The van der Waals surface area contributed by atoms with E-state index in [4.69, 9.17) is 16.3 Å². The molecule has 1 amide bonds. The van der Waals surface area contributed by atoms with Gasteiger partial charge in [0.05, 0.1) is 18.5 Å².